The topological polar surface area (TPSA) is 40.5 Å². The van der Waals surface area contributed by atoms with Crippen LogP contribution >= 0.6 is 11.3 Å². The van der Waals surface area contributed by atoms with Crippen molar-refractivity contribution in [3.8, 4) is 0 Å². The first-order valence-corrected chi connectivity index (χ1v) is 7.40. The van der Waals surface area contributed by atoms with Crippen LogP contribution < -0.4 is 0 Å². The second-order valence-corrected chi connectivity index (χ2v) is 6.02. The molecule has 0 aliphatic heterocycles. The highest BCUT2D eigenvalue weighted by atomic mass is 32.1. The van der Waals surface area contributed by atoms with E-state index < -0.39 is 5.41 Å². The number of rotatable bonds is 6. The Labute approximate surface area is 118 Å². The third-order valence-corrected chi connectivity index (χ3v) is 4.69. The third kappa shape index (κ3) is 3.06. The monoisotopic (exact) mass is 276 g/mol. The molecule has 19 heavy (non-hydrogen) atoms. The van der Waals surface area contributed by atoms with Crippen molar-refractivity contribution in [2.45, 2.75) is 25.2 Å². The zero-order chi connectivity index (χ0) is 13.7. The van der Waals surface area contributed by atoms with Gasteiger partial charge in [-0.3, -0.25) is 0 Å². The zero-order valence-electron chi connectivity index (χ0n) is 11.2. The standard InChI is InChI=1S/C16H20O2S/c1-13-5-2-3-7-15(13)16(11-17,12-18)9-8-14-6-4-10-19-14/h2-7,10,17-18H,8-9,11-12H2,1H3. The molecule has 0 aliphatic carbocycles. The minimum Gasteiger partial charge on any atom is -0.395 e. The summed E-state index contributed by atoms with van der Waals surface area (Å²) in [6, 6.07) is 12.1. The second kappa shape index (κ2) is 6.33. The molecule has 2 aromatic rings. The molecule has 1 aromatic heterocycles. The second-order valence-electron chi connectivity index (χ2n) is 4.99. The van der Waals surface area contributed by atoms with Gasteiger partial charge in [0.05, 0.1) is 13.2 Å². The SMILES string of the molecule is Cc1ccccc1C(CO)(CO)CCc1cccs1. The highest BCUT2D eigenvalue weighted by Gasteiger charge is 2.31. The molecule has 0 fully saturated rings. The molecule has 0 atom stereocenters. The lowest BCUT2D eigenvalue weighted by atomic mass is 9.76. The van der Waals surface area contributed by atoms with Crippen LogP contribution in [0.2, 0.25) is 0 Å². The van der Waals surface area contributed by atoms with Crippen molar-refractivity contribution in [1.29, 1.82) is 0 Å². The molecule has 0 spiro atoms. The zero-order valence-corrected chi connectivity index (χ0v) is 12.0. The van der Waals surface area contributed by atoms with E-state index in [-0.39, 0.29) is 13.2 Å². The Hall–Kier alpha value is -1.16. The Morgan fingerprint density at radius 3 is 2.37 bits per heavy atom. The van der Waals surface area contributed by atoms with E-state index in [1.54, 1.807) is 11.3 Å². The van der Waals surface area contributed by atoms with Crippen LogP contribution in [0.25, 0.3) is 0 Å². The summed E-state index contributed by atoms with van der Waals surface area (Å²) in [5.74, 6) is 0. The van der Waals surface area contributed by atoms with Gasteiger partial charge in [-0.15, -0.1) is 11.3 Å². The molecule has 0 aliphatic rings. The van der Waals surface area contributed by atoms with Crippen LogP contribution in [-0.2, 0) is 11.8 Å². The summed E-state index contributed by atoms with van der Waals surface area (Å²) in [5, 5.41) is 21.7. The highest BCUT2D eigenvalue weighted by Crippen LogP contribution is 2.31. The smallest absolute Gasteiger partial charge is 0.0550 e. The number of aryl methyl sites for hydroxylation is 2. The molecule has 3 heteroatoms. The molecular formula is C16H20O2S. The molecule has 0 unspecified atom stereocenters. The molecule has 0 bridgehead atoms. The van der Waals surface area contributed by atoms with E-state index in [0.29, 0.717) is 0 Å². The highest BCUT2D eigenvalue weighted by molar-refractivity contribution is 7.09. The molecule has 1 heterocycles. The van der Waals surface area contributed by atoms with Crippen molar-refractivity contribution < 1.29 is 10.2 Å². The van der Waals surface area contributed by atoms with Crippen LogP contribution in [0.15, 0.2) is 41.8 Å². The van der Waals surface area contributed by atoms with Crippen molar-refractivity contribution in [3.05, 3.63) is 57.8 Å². The van der Waals surface area contributed by atoms with Crippen LogP contribution in [0, 0.1) is 6.92 Å². The molecular weight excluding hydrogens is 256 g/mol. The normalized spacial score (nSPS) is 11.7. The largest absolute Gasteiger partial charge is 0.395 e. The van der Waals surface area contributed by atoms with Crippen molar-refractivity contribution in [3.63, 3.8) is 0 Å². The van der Waals surface area contributed by atoms with Crippen LogP contribution in [0.5, 0.6) is 0 Å². The Bertz CT molecular complexity index is 501. The van der Waals surface area contributed by atoms with Crippen LogP contribution in [-0.4, -0.2) is 23.4 Å². The Morgan fingerprint density at radius 1 is 1.05 bits per heavy atom. The summed E-state index contributed by atoms with van der Waals surface area (Å²) in [4.78, 5) is 1.29. The van der Waals surface area contributed by atoms with Gasteiger partial charge in [-0.2, -0.15) is 0 Å². The minimum absolute atomic E-state index is 0.0280. The van der Waals surface area contributed by atoms with Gasteiger partial charge < -0.3 is 10.2 Å². The molecule has 102 valence electrons. The van der Waals surface area contributed by atoms with Gasteiger partial charge in [0, 0.05) is 10.3 Å². The van der Waals surface area contributed by atoms with Crippen LogP contribution in [0.3, 0.4) is 0 Å². The summed E-state index contributed by atoms with van der Waals surface area (Å²) >= 11 is 1.72. The molecule has 2 nitrogen and oxygen atoms in total. The molecule has 0 radical (unpaired) electrons. The fraction of sp³-hybridized carbons (Fsp3) is 0.375. The maximum Gasteiger partial charge on any atom is 0.0550 e. The lowest BCUT2D eigenvalue weighted by molar-refractivity contribution is 0.109. The van der Waals surface area contributed by atoms with Gasteiger partial charge in [0.15, 0.2) is 0 Å². The van der Waals surface area contributed by atoms with Gasteiger partial charge in [-0.1, -0.05) is 30.3 Å². The van der Waals surface area contributed by atoms with E-state index in [4.69, 9.17) is 0 Å². The van der Waals surface area contributed by atoms with Crippen molar-refractivity contribution in [2.24, 2.45) is 0 Å². The third-order valence-electron chi connectivity index (χ3n) is 3.75. The minimum atomic E-state index is -0.546. The van der Waals surface area contributed by atoms with Gasteiger partial charge in [0.1, 0.15) is 0 Å². The van der Waals surface area contributed by atoms with Gasteiger partial charge in [0.25, 0.3) is 0 Å². The summed E-state index contributed by atoms with van der Waals surface area (Å²) in [7, 11) is 0. The Balaban J connectivity index is 2.24. The van der Waals surface area contributed by atoms with Crippen molar-refractivity contribution in [2.75, 3.05) is 13.2 Å². The maximum absolute atomic E-state index is 9.83. The van der Waals surface area contributed by atoms with E-state index in [1.807, 2.05) is 37.3 Å². The lowest BCUT2D eigenvalue weighted by Crippen LogP contribution is -2.36. The van der Waals surface area contributed by atoms with Gasteiger partial charge >= 0.3 is 0 Å². The average Bonchev–Trinajstić information content (AvgIpc) is 2.95. The first-order chi connectivity index (χ1) is 9.22. The maximum atomic E-state index is 9.83. The summed E-state index contributed by atoms with van der Waals surface area (Å²) in [6.07, 6.45) is 1.64. The van der Waals surface area contributed by atoms with Crippen molar-refractivity contribution in [1.82, 2.24) is 0 Å². The number of thiophene rings is 1. The van der Waals surface area contributed by atoms with E-state index >= 15 is 0 Å². The number of hydrogen-bond acceptors (Lipinski definition) is 3. The van der Waals surface area contributed by atoms with Gasteiger partial charge in [-0.05, 0) is 42.3 Å². The fourth-order valence-electron chi connectivity index (χ4n) is 2.50. The molecule has 0 saturated heterocycles. The Morgan fingerprint density at radius 2 is 1.79 bits per heavy atom. The van der Waals surface area contributed by atoms with E-state index in [9.17, 15) is 10.2 Å². The van der Waals surface area contributed by atoms with Crippen LogP contribution in [0.1, 0.15) is 22.4 Å². The predicted molar refractivity (Wildman–Crippen MR) is 79.7 cm³/mol. The summed E-state index contributed by atoms with van der Waals surface area (Å²) in [5.41, 5.74) is 1.63. The number of aliphatic hydroxyl groups is 2. The lowest BCUT2D eigenvalue weighted by Gasteiger charge is -2.31. The van der Waals surface area contributed by atoms with E-state index in [1.165, 1.54) is 4.88 Å². The van der Waals surface area contributed by atoms with Gasteiger partial charge in [0.2, 0.25) is 0 Å². The Kier molecular flexibility index (Phi) is 4.75. The number of hydrogen-bond donors (Lipinski definition) is 2. The van der Waals surface area contributed by atoms with Crippen LogP contribution in [0.4, 0.5) is 0 Å². The number of aliphatic hydroxyl groups excluding tert-OH is 2. The van der Waals surface area contributed by atoms with Gasteiger partial charge in [-0.25, -0.2) is 0 Å². The van der Waals surface area contributed by atoms with E-state index in [0.717, 1.165) is 24.0 Å². The number of benzene rings is 1. The molecule has 2 rings (SSSR count). The predicted octanol–water partition coefficient (Wildman–Crippen LogP) is 2.91. The first-order valence-electron chi connectivity index (χ1n) is 6.52. The molecule has 0 saturated carbocycles. The summed E-state index contributed by atoms with van der Waals surface area (Å²) < 4.78 is 0. The molecule has 2 N–H and O–H groups in total. The quantitative estimate of drug-likeness (QED) is 0.851. The summed E-state index contributed by atoms with van der Waals surface area (Å²) in [6.45, 7) is 1.97. The first kappa shape index (κ1) is 14.3. The average molecular weight is 276 g/mol. The molecule has 0 amide bonds. The fourth-order valence-corrected chi connectivity index (χ4v) is 3.21. The van der Waals surface area contributed by atoms with E-state index in [2.05, 4.69) is 11.4 Å². The van der Waals surface area contributed by atoms with Crippen molar-refractivity contribution >= 4 is 11.3 Å². The molecule has 1 aromatic carbocycles.